The molecule has 0 aliphatic carbocycles. The summed E-state index contributed by atoms with van der Waals surface area (Å²) in [7, 11) is 3.34. The molecule has 1 N–H and O–H groups in total. The Kier molecular flexibility index (Phi) is 3.71. The fourth-order valence-corrected chi connectivity index (χ4v) is 4.00. The minimum atomic E-state index is -0.419. The van der Waals surface area contributed by atoms with E-state index in [1.165, 1.54) is 19.2 Å². The number of piperidine rings is 1. The van der Waals surface area contributed by atoms with Gasteiger partial charge < -0.3 is 9.84 Å². The first-order valence-electron chi connectivity index (χ1n) is 7.26. The summed E-state index contributed by atoms with van der Waals surface area (Å²) in [5.41, 5.74) is 0.934. The molecule has 114 valence electrons. The van der Waals surface area contributed by atoms with Gasteiger partial charge in [0.15, 0.2) is 0 Å². The molecule has 0 spiro atoms. The highest BCUT2D eigenvalue weighted by atomic mass is 19.1. The molecule has 2 fully saturated rings. The predicted octanol–water partition coefficient (Wildman–Crippen LogP) is 1.54. The second-order valence-electron chi connectivity index (χ2n) is 6.05. The van der Waals surface area contributed by atoms with Gasteiger partial charge in [0, 0.05) is 18.0 Å². The minimum Gasteiger partial charge on any atom is -0.469 e. The summed E-state index contributed by atoms with van der Waals surface area (Å²) in [6.07, 6.45) is 0.843. The summed E-state index contributed by atoms with van der Waals surface area (Å²) in [6, 6.07) is 6.31. The quantitative estimate of drug-likeness (QED) is 0.840. The van der Waals surface area contributed by atoms with Crippen LogP contribution < -0.4 is 0 Å². The second-order valence-corrected chi connectivity index (χ2v) is 6.05. The van der Waals surface area contributed by atoms with E-state index in [-0.39, 0.29) is 35.7 Å². The first-order chi connectivity index (χ1) is 10.0. The molecule has 3 rings (SSSR count). The number of aliphatic hydroxyl groups excluding tert-OH is 1. The number of carbonyl (C=O) groups excluding carboxylic acids is 1. The van der Waals surface area contributed by atoms with Crippen LogP contribution in [0, 0.1) is 11.7 Å². The third kappa shape index (κ3) is 2.34. The van der Waals surface area contributed by atoms with Crippen LogP contribution in [0.4, 0.5) is 4.39 Å². The van der Waals surface area contributed by atoms with Crippen LogP contribution in [0.2, 0.25) is 0 Å². The van der Waals surface area contributed by atoms with E-state index in [0.29, 0.717) is 12.8 Å². The number of methoxy groups -OCH3 is 1. The molecule has 0 radical (unpaired) electrons. The number of likely N-dealkylation sites (N-methyl/N-ethyl adjacent to an activating group) is 1. The van der Waals surface area contributed by atoms with Crippen molar-refractivity contribution < 1.29 is 19.0 Å². The Hall–Kier alpha value is -1.46. The Morgan fingerprint density at radius 2 is 1.95 bits per heavy atom. The SMILES string of the molecule is COC(=O)[C@H]1[C@@H](c2ccc(F)cc2)C[C@H]2[C@@H](O)C[C@H]1N2C. The molecule has 2 aliphatic heterocycles. The second kappa shape index (κ2) is 5.39. The summed E-state index contributed by atoms with van der Waals surface area (Å²) < 4.78 is 18.1. The Labute approximate surface area is 123 Å². The lowest BCUT2D eigenvalue weighted by molar-refractivity contribution is -0.150. The number of hydrogen-bond donors (Lipinski definition) is 1. The third-order valence-corrected chi connectivity index (χ3v) is 5.09. The van der Waals surface area contributed by atoms with E-state index >= 15 is 0 Å². The van der Waals surface area contributed by atoms with Gasteiger partial charge in [-0.05, 0) is 37.6 Å². The summed E-state index contributed by atoms with van der Waals surface area (Å²) in [5.74, 6) is -0.904. The minimum absolute atomic E-state index is 0.0266. The Balaban J connectivity index is 1.97. The molecule has 0 aromatic heterocycles. The van der Waals surface area contributed by atoms with Crippen LogP contribution in [-0.2, 0) is 9.53 Å². The van der Waals surface area contributed by atoms with Crippen LogP contribution in [0.25, 0.3) is 0 Å². The molecule has 5 atom stereocenters. The highest BCUT2D eigenvalue weighted by Gasteiger charge is 2.53. The number of nitrogens with zero attached hydrogens (tertiary/aromatic N) is 1. The van der Waals surface area contributed by atoms with Crippen LogP contribution in [0.5, 0.6) is 0 Å². The molecular formula is C16H20FNO3. The van der Waals surface area contributed by atoms with Crippen LogP contribution in [0.15, 0.2) is 24.3 Å². The lowest BCUT2D eigenvalue weighted by atomic mass is 9.76. The van der Waals surface area contributed by atoms with Crippen molar-refractivity contribution in [2.75, 3.05) is 14.2 Å². The van der Waals surface area contributed by atoms with Crippen molar-refractivity contribution in [1.29, 1.82) is 0 Å². The van der Waals surface area contributed by atoms with Crippen molar-refractivity contribution in [3.63, 3.8) is 0 Å². The largest absolute Gasteiger partial charge is 0.469 e. The summed E-state index contributed by atoms with van der Waals surface area (Å²) in [4.78, 5) is 14.3. The van der Waals surface area contributed by atoms with E-state index in [2.05, 4.69) is 4.90 Å². The summed E-state index contributed by atoms with van der Waals surface area (Å²) in [6.45, 7) is 0. The van der Waals surface area contributed by atoms with Crippen molar-refractivity contribution >= 4 is 5.97 Å². The fourth-order valence-electron chi connectivity index (χ4n) is 4.00. The third-order valence-electron chi connectivity index (χ3n) is 5.09. The van der Waals surface area contributed by atoms with Crippen LogP contribution in [0.3, 0.4) is 0 Å². The summed E-state index contributed by atoms with van der Waals surface area (Å²) in [5, 5.41) is 10.2. The lowest BCUT2D eigenvalue weighted by Crippen LogP contribution is -2.49. The van der Waals surface area contributed by atoms with Gasteiger partial charge in [-0.3, -0.25) is 9.69 Å². The molecule has 0 saturated carbocycles. The molecule has 0 unspecified atom stereocenters. The van der Waals surface area contributed by atoms with Crippen molar-refractivity contribution in [3.8, 4) is 0 Å². The molecule has 2 heterocycles. The number of aliphatic hydroxyl groups is 1. The number of rotatable bonds is 2. The van der Waals surface area contributed by atoms with Gasteiger partial charge >= 0.3 is 5.97 Å². The van der Waals surface area contributed by atoms with Crippen LogP contribution in [-0.4, -0.2) is 48.3 Å². The number of halogens is 1. The van der Waals surface area contributed by atoms with Crippen molar-refractivity contribution in [2.24, 2.45) is 5.92 Å². The molecule has 5 heteroatoms. The molecule has 1 aromatic rings. The van der Waals surface area contributed by atoms with Gasteiger partial charge in [-0.25, -0.2) is 4.39 Å². The predicted molar refractivity (Wildman–Crippen MR) is 75.2 cm³/mol. The maximum atomic E-state index is 13.1. The van der Waals surface area contributed by atoms with Gasteiger partial charge in [0.2, 0.25) is 0 Å². The number of carbonyl (C=O) groups is 1. The van der Waals surface area contributed by atoms with Crippen LogP contribution in [0.1, 0.15) is 24.3 Å². The molecule has 2 saturated heterocycles. The zero-order chi connectivity index (χ0) is 15.1. The van der Waals surface area contributed by atoms with E-state index in [1.807, 2.05) is 7.05 Å². The van der Waals surface area contributed by atoms with Gasteiger partial charge in [0.05, 0.1) is 19.1 Å². The van der Waals surface area contributed by atoms with Gasteiger partial charge in [-0.2, -0.15) is 0 Å². The van der Waals surface area contributed by atoms with Crippen LogP contribution >= 0.6 is 0 Å². The lowest BCUT2D eigenvalue weighted by Gasteiger charge is -2.41. The maximum absolute atomic E-state index is 13.1. The number of ether oxygens (including phenoxy) is 1. The van der Waals surface area contributed by atoms with E-state index in [4.69, 9.17) is 4.74 Å². The molecule has 2 aliphatic rings. The highest BCUT2D eigenvalue weighted by molar-refractivity contribution is 5.75. The first kappa shape index (κ1) is 14.5. The highest BCUT2D eigenvalue weighted by Crippen LogP contribution is 2.46. The number of hydrogen-bond acceptors (Lipinski definition) is 4. The average Bonchev–Trinajstić information content (AvgIpc) is 2.66. The van der Waals surface area contributed by atoms with E-state index in [9.17, 15) is 14.3 Å². The Morgan fingerprint density at radius 1 is 1.29 bits per heavy atom. The first-order valence-corrected chi connectivity index (χ1v) is 7.26. The number of esters is 1. The molecule has 4 nitrogen and oxygen atoms in total. The standard InChI is InChI=1S/C16H20FNO3/c1-18-12-7-11(9-3-5-10(17)6-4-9)15(16(20)21-2)13(18)8-14(12)19/h3-6,11-15,19H,7-8H2,1-2H3/t11-,12+,13-,14+,15+/m1/s1. The smallest absolute Gasteiger partial charge is 0.310 e. The average molecular weight is 293 g/mol. The zero-order valence-electron chi connectivity index (χ0n) is 12.2. The van der Waals surface area contributed by atoms with Crippen molar-refractivity contribution in [3.05, 3.63) is 35.6 Å². The molecule has 0 amide bonds. The van der Waals surface area contributed by atoms with Gasteiger partial charge in [0.1, 0.15) is 5.82 Å². The zero-order valence-corrected chi connectivity index (χ0v) is 12.2. The topological polar surface area (TPSA) is 49.8 Å². The van der Waals surface area contributed by atoms with E-state index < -0.39 is 6.10 Å². The van der Waals surface area contributed by atoms with Gasteiger partial charge in [-0.1, -0.05) is 12.1 Å². The molecular weight excluding hydrogens is 273 g/mol. The molecule has 21 heavy (non-hydrogen) atoms. The van der Waals surface area contributed by atoms with Gasteiger partial charge in [-0.15, -0.1) is 0 Å². The number of benzene rings is 1. The van der Waals surface area contributed by atoms with Crippen molar-refractivity contribution in [2.45, 2.75) is 36.9 Å². The fraction of sp³-hybridized carbons (Fsp3) is 0.562. The Morgan fingerprint density at radius 3 is 2.57 bits per heavy atom. The molecule has 1 aromatic carbocycles. The van der Waals surface area contributed by atoms with Gasteiger partial charge in [0.25, 0.3) is 0 Å². The summed E-state index contributed by atoms with van der Waals surface area (Å²) >= 11 is 0. The number of fused-ring (bicyclic) bond motifs is 2. The molecule has 2 bridgehead atoms. The maximum Gasteiger partial charge on any atom is 0.310 e. The normalized spacial score (nSPS) is 35.7. The Bertz CT molecular complexity index is 533. The van der Waals surface area contributed by atoms with E-state index in [0.717, 1.165) is 5.56 Å². The van der Waals surface area contributed by atoms with E-state index in [1.54, 1.807) is 12.1 Å². The van der Waals surface area contributed by atoms with Crippen molar-refractivity contribution in [1.82, 2.24) is 4.90 Å². The monoisotopic (exact) mass is 293 g/mol.